The van der Waals surface area contributed by atoms with E-state index in [1.54, 1.807) is 30.3 Å². The molecule has 2 heterocycles. The van der Waals surface area contributed by atoms with Gasteiger partial charge in [0.25, 0.3) is 17.5 Å². The Balaban J connectivity index is 1.57. The predicted molar refractivity (Wildman–Crippen MR) is 130 cm³/mol. The van der Waals surface area contributed by atoms with Crippen molar-refractivity contribution in [3.05, 3.63) is 93.2 Å². The van der Waals surface area contributed by atoms with E-state index in [9.17, 15) is 19.7 Å². The molecule has 0 unspecified atom stereocenters. The molecule has 0 atom stereocenters. The maximum Gasteiger partial charge on any atom is 0.287 e. The number of rotatable bonds is 5. The molecule has 10 heteroatoms. The van der Waals surface area contributed by atoms with E-state index in [1.807, 2.05) is 26.0 Å². The smallest absolute Gasteiger partial charge is 0.287 e. The molecule has 3 aromatic rings. The number of hydrogen-bond acceptors (Lipinski definition) is 7. The highest BCUT2D eigenvalue weighted by Crippen LogP contribution is 2.28. The lowest BCUT2D eigenvalue weighted by atomic mass is 10.0. The van der Waals surface area contributed by atoms with Crippen molar-refractivity contribution in [3.8, 4) is 11.6 Å². The molecule has 1 aliphatic heterocycles. The molecule has 1 aliphatic rings. The second kappa shape index (κ2) is 9.20. The number of nitrogens with one attached hydrogen (secondary N) is 1. The standard InChI is InChI=1S/C24H18N4O5S/c1-14-4-3-5-20(15(14)2)27-23(30)19(22(29)26-24(27)34)12-16-6-9-18(10-7-16)33-21-11-8-17(13-25-21)28(31)32/h3-13H,1-2H3,(H,26,29,34)/b19-12+. The summed E-state index contributed by atoms with van der Waals surface area (Å²) in [4.78, 5) is 41.2. The fourth-order valence-corrected chi connectivity index (χ4v) is 3.59. The van der Waals surface area contributed by atoms with Crippen LogP contribution in [0, 0.1) is 24.0 Å². The normalized spacial score (nSPS) is 14.8. The molecular formula is C24H18N4O5S. The van der Waals surface area contributed by atoms with Gasteiger partial charge in [-0.1, -0.05) is 24.3 Å². The molecule has 0 spiro atoms. The van der Waals surface area contributed by atoms with E-state index in [-0.39, 0.29) is 22.3 Å². The highest BCUT2D eigenvalue weighted by atomic mass is 32.1. The van der Waals surface area contributed by atoms with Crippen LogP contribution in [0.15, 0.2) is 66.4 Å². The lowest BCUT2D eigenvalue weighted by Crippen LogP contribution is -2.54. The molecule has 4 rings (SSSR count). The maximum absolute atomic E-state index is 13.2. The van der Waals surface area contributed by atoms with Crippen molar-refractivity contribution < 1.29 is 19.2 Å². The van der Waals surface area contributed by atoms with Gasteiger partial charge in [-0.25, -0.2) is 4.98 Å². The zero-order valence-electron chi connectivity index (χ0n) is 18.1. The molecule has 9 nitrogen and oxygen atoms in total. The Kier molecular flexibility index (Phi) is 6.15. The van der Waals surface area contributed by atoms with Gasteiger partial charge >= 0.3 is 0 Å². The number of nitrogens with zero attached hydrogens (tertiary/aromatic N) is 3. The Morgan fingerprint density at radius 1 is 1.09 bits per heavy atom. The van der Waals surface area contributed by atoms with Crippen LogP contribution in [0.25, 0.3) is 6.08 Å². The summed E-state index contributed by atoms with van der Waals surface area (Å²) in [6.45, 7) is 3.82. The number of ether oxygens (including phenoxy) is 1. The molecule has 2 aromatic carbocycles. The van der Waals surface area contributed by atoms with E-state index in [4.69, 9.17) is 17.0 Å². The van der Waals surface area contributed by atoms with E-state index >= 15 is 0 Å². The van der Waals surface area contributed by atoms with Crippen molar-refractivity contribution >= 4 is 46.6 Å². The first-order valence-corrected chi connectivity index (χ1v) is 10.5. The van der Waals surface area contributed by atoms with Crippen molar-refractivity contribution in [2.24, 2.45) is 0 Å². The van der Waals surface area contributed by atoms with E-state index in [0.717, 1.165) is 17.3 Å². The number of pyridine rings is 1. The van der Waals surface area contributed by atoms with Crippen molar-refractivity contribution in [3.63, 3.8) is 0 Å². The average molecular weight is 474 g/mol. The second-order valence-corrected chi connectivity index (χ2v) is 7.85. The van der Waals surface area contributed by atoms with Crippen LogP contribution in [0.4, 0.5) is 11.4 Å². The number of amides is 2. The first-order chi connectivity index (χ1) is 16.2. The van der Waals surface area contributed by atoms with Crippen LogP contribution in [-0.2, 0) is 9.59 Å². The average Bonchev–Trinajstić information content (AvgIpc) is 2.81. The molecule has 0 saturated carbocycles. The summed E-state index contributed by atoms with van der Waals surface area (Å²) in [5.74, 6) is -0.470. The number of benzene rings is 2. The number of nitro groups is 1. The number of thiocarbonyl (C=S) groups is 1. The fourth-order valence-electron chi connectivity index (χ4n) is 3.31. The van der Waals surface area contributed by atoms with Gasteiger partial charge < -0.3 is 4.74 Å². The summed E-state index contributed by atoms with van der Waals surface area (Å²) in [6.07, 6.45) is 2.58. The molecule has 34 heavy (non-hydrogen) atoms. The Labute approximate surface area is 199 Å². The summed E-state index contributed by atoms with van der Waals surface area (Å²) in [7, 11) is 0. The number of hydrogen-bond donors (Lipinski definition) is 1. The van der Waals surface area contributed by atoms with E-state index < -0.39 is 16.7 Å². The van der Waals surface area contributed by atoms with E-state index in [0.29, 0.717) is 17.0 Å². The number of aromatic nitrogens is 1. The summed E-state index contributed by atoms with van der Waals surface area (Å²) in [5.41, 5.74) is 2.89. The van der Waals surface area contributed by atoms with Gasteiger partial charge in [-0.05, 0) is 67.0 Å². The third-order valence-electron chi connectivity index (χ3n) is 5.26. The summed E-state index contributed by atoms with van der Waals surface area (Å²) in [5, 5.41) is 13.3. The maximum atomic E-state index is 13.2. The van der Waals surface area contributed by atoms with Crippen LogP contribution >= 0.6 is 12.2 Å². The van der Waals surface area contributed by atoms with Crippen LogP contribution in [0.3, 0.4) is 0 Å². The van der Waals surface area contributed by atoms with Crippen LogP contribution in [0.5, 0.6) is 11.6 Å². The summed E-state index contributed by atoms with van der Waals surface area (Å²) >= 11 is 5.27. The zero-order valence-corrected chi connectivity index (χ0v) is 19.0. The SMILES string of the molecule is Cc1cccc(N2C(=O)/C(=C/c3ccc(Oc4ccc([N+](=O)[O-])cn4)cc3)C(=O)NC2=S)c1C. The van der Waals surface area contributed by atoms with Gasteiger partial charge in [0.05, 0.1) is 10.6 Å². The zero-order chi connectivity index (χ0) is 24.4. The van der Waals surface area contributed by atoms with Crippen LogP contribution in [-0.4, -0.2) is 26.8 Å². The largest absolute Gasteiger partial charge is 0.439 e. The van der Waals surface area contributed by atoms with Crippen molar-refractivity contribution in [1.29, 1.82) is 0 Å². The minimum atomic E-state index is -0.577. The Hall–Kier alpha value is -4.44. The van der Waals surface area contributed by atoms with E-state index in [2.05, 4.69) is 10.3 Å². The molecule has 170 valence electrons. The lowest BCUT2D eigenvalue weighted by Gasteiger charge is -2.30. The van der Waals surface area contributed by atoms with Crippen LogP contribution in [0.2, 0.25) is 0 Å². The number of anilines is 1. The first kappa shape index (κ1) is 22.7. The third kappa shape index (κ3) is 4.52. The van der Waals surface area contributed by atoms with Gasteiger partial charge in [0.1, 0.15) is 17.5 Å². The number of carbonyl (C=O) groups is 2. The van der Waals surface area contributed by atoms with Gasteiger partial charge in [-0.15, -0.1) is 0 Å². The Morgan fingerprint density at radius 3 is 2.47 bits per heavy atom. The molecule has 1 saturated heterocycles. The third-order valence-corrected chi connectivity index (χ3v) is 5.55. The summed E-state index contributed by atoms with van der Waals surface area (Å²) < 4.78 is 5.59. The van der Waals surface area contributed by atoms with Gasteiger partial charge in [-0.3, -0.25) is 29.9 Å². The minimum Gasteiger partial charge on any atom is -0.439 e. The molecule has 1 N–H and O–H groups in total. The predicted octanol–water partition coefficient (Wildman–Crippen LogP) is 4.23. The van der Waals surface area contributed by atoms with Gasteiger partial charge in [0.2, 0.25) is 5.88 Å². The van der Waals surface area contributed by atoms with Gasteiger partial charge in [0.15, 0.2) is 5.11 Å². The van der Waals surface area contributed by atoms with Crippen molar-refractivity contribution in [2.45, 2.75) is 13.8 Å². The van der Waals surface area contributed by atoms with Crippen LogP contribution in [0.1, 0.15) is 16.7 Å². The second-order valence-electron chi connectivity index (χ2n) is 7.46. The fraction of sp³-hybridized carbons (Fsp3) is 0.0833. The highest BCUT2D eigenvalue weighted by Gasteiger charge is 2.35. The first-order valence-electron chi connectivity index (χ1n) is 10.1. The Bertz CT molecular complexity index is 1350. The van der Waals surface area contributed by atoms with Crippen molar-refractivity contribution in [1.82, 2.24) is 10.3 Å². The molecule has 1 aromatic heterocycles. The molecule has 0 radical (unpaired) electrons. The van der Waals surface area contributed by atoms with Gasteiger partial charge in [0, 0.05) is 12.1 Å². The number of carbonyl (C=O) groups excluding carboxylic acids is 2. The molecule has 2 amide bonds. The van der Waals surface area contributed by atoms with Crippen LogP contribution < -0.4 is 15.0 Å². The van der Waals surface area contributed by atoms with E-state index in [1.165, 1.54) is 23.1 Å². The number of aryl methyl sites for hydroxylation is 1. The van der Waals surface area contributed by atoms with Gasteiger partial charge in [-0.2, -0.15) is 0 Å². The minimum absolute atomic E-state index is 0.0280. The quantitative estimate of drug-likeness (QED) is 0.193. The lowest BCUT2D eigenvalue weighted by molar-refractivity contribution is -0.385. The Morgan fingerprint density at radius 2 is 1.82 bits per heavy atom. The topological polar surface area (TPSA) is 115 Å². The monoisotopic (exact) mass is 474 g/mol. The highest BCUT2D eigenvalue weighted by molar-refractivity contribution is 7.80. The molecule has 1 fully saturated rings. The summed E-state index contributed by atoms with van der Waals surface area (Å²) in [6, 6.07) is 14.8. The van der Waals surface area contributed by atoms with Crippen molar-refractivity contribution in [2.75, 3.05) is 4.90 Å². The molecule has 0 aliphatic carbocycles. The molecular weight excluding hydrogens is 456 g/mol. The molecule has 0 bridgehead atoms.